The number of carbonyl (C=O) groups is 1. The summed E-state index contributed by atoms with van der Waals surface area (Å²) in [5.74, 6) is -2.87. The van der Waals surface area contributed by atoms with Crippen molar-refractivity contribution in [1.29, 1.82) is 0 Å². The predicted octanol–water partition coefficient (Wildman–Crippen LogP) is 2.05. The van der Waals surface area contributed by atoms with Gasteiger partial charge >= 0.3 is 0 Å². The zero-order valence-electron chi connectivity index (χ0n) is 7.28. The lowest BCUT2D eigenvalue weighted by Crippen LogP contribution is -2.05. The molecular formula is C9H4F2N2OS. The Kier molecular flexibility index (Phi) is 2.51. The molecule has 2 rings (SSSR count). The lowest BCUT2D eigenvalue weighted by molar-refractivity contribution is 0.103. The molecule has 76 valence electrons. The standard InChI is InChI=1S/C9H4F2N2OS/c10-6-3-1-2-5(8(6)11)9(14)7-4-12-15-13-7/h1-4H. The molecule has 0 aliphatic rings. The summed E-state index contributed by atoms with van der Waals surface area (Å²) in [7, 11) is 0. The Balaban J connectivity index is 2.47. The van der Waals surface area contributed by atoms with Crippen molar-refractivity contribution < 1.29 is 13.6 Å². The van der Waals surface area contributed by atoms with Gasteiger partial charge in [0.15, 0.2) is 11.6 Å². The Morgan fingerprint density at radius 1 is 1.33 bits per heavy atom. The molecular weight excluding hydrogens is 222 g/mol. The highest BCUT2D eigenvalue weighted by Gasteiger charge is 2.18. The van der Waals surface area contributed by atoms with Crippen LogP contribution < -0.4 is 0 Å². The van der Waals surface area contributed by atoms with Gasteiger partial charge in [-0.15, -0.1) is 0 Å². The van der Waals surface area contributed by atoms with E-state index in [1.165, 1.54) is 18.3 Å². The van der Waals surface area contributed by atoms with Crippen molar-refractivity contribution >= 4 is 17.5 Å². The fourth-order valence-corrected chi connectivity index (χ4v) is 1.49. The summed E-state index contributed by atoms with van der Waals surface area (Å²) >= 11 is 0.836. The van der Waals surface area contributed by atoms with Crippen molar-refractivity contribution in [2.75, 3.05) is 0 Å². The van der Waals surface area contributed by atoms with Crippen LogP contribution in [0.2, 0.25) is 0 Å². The highest BCUT2D eigenvalue weighted by molar-refractivity contribution is 6.99. The molecule has 0 amide bonds. The van der Waals surface area contributed by atoms with Gasteiger partial charge in [0.2, 0.25) is 5.78 Å². The molecule has 0 aliphatic heterocycles. The lowest BCUT2D eigenvalue weighted by Gasteiger charge is -1.99. The third kappa shape index (κ3) is 1.75. The maximum atomic E-state index is 13.2. The molecule has 1 heterocycles. The second kappa shape index (κ2) is 3.82. The molecule has 0 bridgehead atoms. The van der Waals surface area contributed by atoms with E-state index in [1.54, 1.807) is 0 Å². The first-order valence-electron chi connectivity index (χ1n) is 3.96. The monoisotopic (exact) mass is 226 g/mol. The summed E-state index contributed by atoms with van der Waals surface area (Å²) in [5, 5.41) is 0. The zero-order chi connectivity index (χ0) is 10.8. The normalized spacial score (nSPS) is 10.3. The molecule has 15 heavy (non-hydrogen) atoms. The van der Waals surface area contributed by atoms with Crippen LogP contribution in [0, 0.1) is 11.6 Å². The first kappa shape index (κ1) is 9.85. The number of benzene rings is 1. The van der Waals surface area contributed by atoms with E-state index >= 15 is 0 Å². The zero-order valence-corrected chi connectivity index (χ0v) is 8.09. The quantitative estimate of drug-likeness (QED) is 0.736. The van der Waals surface area contributed by atoms with Gasteiger partial charge in [0.25, 0.3) is 0 Å². The third-order valence-electron chi connectivity index (χ3n) is 1.79. The fourth-order valence-electron chi connectivity index (χ4n) is 1.08. The van der Waals surface area contributed by atoms with Gasteiger partial charge in [0.05, 0.1) is 23.5 Å². The molecule has 0 unspecified atom stereocenters. The number of rotatable bonds is 2. The average Bonchev–Trinajstić information content (AvgIpc) is 2.74. The second-order valence-electron chi connectivity index (χ2n) is 2.72. The Bertz CT molecular complexity index is 499. The van der Waals surface area contributed by atoms with E-state index in [2.05, 4.69) is 8.75 Å². The molecule has 1 aromatic heterocycles. The Morgan fingerprint density at radius 2 is 2.13 bits per heavy atom. The average molecular weight is 226 g/mol. The van der Waals surface area contributed by atoms with E-state index in [9.17, 15) is 13.6 Å². The minimum absolute atomic E-state index is 0.0181. The van der Waals surface area contributed by atoms with Crippen LogP contribution in [0.4, 0.5) is 8.78 Å². The summed E-state index contributed by atoms with van der Waals surface area (Å²) in [6.07, 6.45) is 1.22. The van der Waals surface area contributed by atoms with Crippen LogP contribution in [0.1, 0.15) is 16.1 Å². The Labute approximate surface area is 87.7 Å². The van der Waals surface area contributed by atoms with Crippen LogP contribution >= 0.6 is 11.7 Å². The van der Waals surface area contributed by atoms with Crippen molar-refractivity contribution in [2.24, 2.45) is 0 Å². The van der Waals surface area contributed by atoms with Gasteiger partial charge in [-0.1, -0.05) is 6.07 Å². The number of halogens is 2. The highest BCUT2D eigenvalue weighted by atomic mass is 32.1. The molecule has 0 fully saturated rings. The number of ketones is 1. The van der Waals surface area contributed by atoms with E-state index < -0.39 is 17.4 Å². The van der Waals surface area contributed by atoms with Crippen LogP contribution in [-0.2, 0) is 0 Å². The van der Waals surface area contributed by atoms with Crippen LogP contribution in [0.15, 0.2) is 24.4 Å². The van der Waals surface area contributed by atoms with Gasteiger partial charge in [0, 0.05) is 0 Å². The summed E-state index contributed by atoms with van der Waals surface area (Å²) in [6, 6.07) is 3.43. The minimum Gasteiger partial charge on any atom is -0.287 e. The summed E-state index contributed by atoms with van der Waals surface area (Å²) in [5.41, 5.74) is -0.313. The molecule has 0 atom stereocenters. The molecule has 6 heteroatoms. The Morgan fingerprint density at radius 3 is 2.80 bits per heavy atom. The van der Waals surface area contributed by atoms with Crippen LogP contribution in [0.5, 0.6) is 0 Å². The molecule has 0 radical (unpaired) electrons. The van der Waals surface area contributed by atoms with Gasteiger partial charge in [-0.25, -0.2) is 8.78 Å². The first-order valence-corrected chi connectivity index (χ1v) is 4.69. The van der Waals surface area contributed by atoms with Gasteiger partial charge in [-0.3, -0.25) is 4.79 Å². The maximum Gasteiger partial charge on any atom is 0.217 e. The van der Waals surface area contributed by atoms with Crippen LogP contribution in [0.3, 0.4) is 0 Å². The predicted molar refractivity (Wildman–Crippen MR) is 49.7 cm³/mol. The van der Waals surface area contributed by atoms with Crippen molar-refractivity contribution in [2.45, 2.75) is 0 Å². The SMILES string of the molecule is O=C(c1cnsn1)c1cccc(F)c1F. The van der Waals surface area contributed by atoms with Crippen LogP contribution in [0.25, 0.3) is 0 Å². The molecule has 0 saturated heterocycles. The topological polar surface area (TPSA) is 42.9 Å². The largest absolute Gasteiger partial charge is 0.287 e. The fraction of sp³-hybridized carbons (Fsp3) is 0. The van der Waals surface area contributed by atoms with E-state index in [0.717, 1.165) is 17.8 Å². The van der Waals surface area contributed by atoms with E-state index in [-0.39, 0.29) is 11.3 Å². The van der Waals surface area contributed by atoms with E-state index in [1.807, 2.05) is 0 Å². The number of nitrogens with zero attached hydrogens (tertiary/aromatic N) is 2. The molecule has 0 N–H and O–H groups in total. The van der Waals surface area contributed by atoms with Gasteiger partial charge in [0.1, 0.15) is 5.69 Å². The molecule has 3 nitrogen and oxygen atoms in total. The van der Waals surface area contributed by atoms with Crippen molar-refractivity contribution in [3.8, 4) is 0 Å². The summed E-state index contributed by atoms with van der Waals surface area (Å²) in [4.78, 5) is 11.6. The second-order valence-corrected chi connectivity index (χ2v) is 3.28. The van der Waals surface area contributed by atoms with Gasteiger partial charge in [-0.05, 0) is 12.1 Å². The molecule has 2 aromatic rings. The van der Waals surface area contributed by atoms with E-state index in [0.29, 0.717) is 0 Å². The number of carbonyl (C=O) groups excluding carboxylic acids is 1. The van der Waals surface area contributed by atoms with Crippen LogP contribution in [-0.4, -0.2) is 14.5 Å². The molecule has 0 spiro atoms. The molecule has 1 aromatic carbocycles. The number of hydrogen-bond donors (Lipinski definition) is 0. The molecule has 0 saturated carbocycles. The first-order chi connectivity index (χ1) is 7.20. The highest BCUT2D eigenvalue weighted by Crippen LogP contribution is 2.14. The Hall–Kier alpha value is -1.69. The minimum atomic E-state index is -1.16. The summed E-state index contributed by atoms with van der Waals surface area (Å²) in [6.45, 7) is 0. The van der Waals surface area contributed by atoms with Crippen molar-refractivity contribution in [3.63, 3.8) is 0 Å². The molecule has 0 aliphatic carbocycles. The maximum absolute atomic E-state index is 13.2. The lowest BCUT2D eigenvalue weighted by atomic mass is 10.1. The number of aromatic nitrogens is 2. The van der Waals surface area contributed by atoms with Gasteiger partial charge < -0.3 is 0 Å². The third-order valence-corrected chi connectivity index (χ3v) is 2.27. The van der Waals surface area contributed by atoms with Crippen molar-refractivity contribution in [1.82, 2.24) is 8.75 Å². The van der Waals surface area contributed by atoms with Crippen molar-refractivity contribution in [3.05, 3.63) is 47.3 Å². The smallest absolute Gasteiger partial charge is 0.217 e. The number of hydrogen-bond acceptors (Lipinski definition) is 4. The van der Waals surface area contributed by atoms with Gasteiger partial charge in [-0.2, -0.15) is 8.75 Å². The summed E-state index contributed by atoms with van der Waals surface area (Å²) < 4.78 is 33.3. The van der Waals surface area contributed by atoms with E-state index in [4.69, 9.17) is 0 Å².